The number of aryl methyl sites for hydroxylation is 1. The molecule has 0 saturated carbocycles. The monoisotopic (exact) mass is 404 g/mol. The molecular formula is C21H25FN2O3S. The average molecular weight is 405 g/mol. The van der Waals surface area contributed by atoms with Crippen LogP contribution in [-0.2, 0) is 27.8 Å². The Morgan fingerprint density at radius 1 is 1.07 bits per heavy atom. The van der Waals surface area contributed by atoms with Crippen LogP contribution in [0.1, 0.15) is 37.3 Å². The van der Waals surface area contributed by atoms with E-state index in [-0.39, 0.29) is 17.3 Å². The maximum Gasteiger partial charge on any atom is 0.243 e. The van der Waals surface area contributed by atoms with Crippen molar-refractivity contribution in [2.24, 2.45) is 0 Å². The van der Waals surface area contributed by atoms with Crippen molar-refractivity contribution in [1.82, 2.24) is 9.62 Å². The standard InChI is InChI=1S/C21H25FN2O3S/c1-2-16-6-8-17(9-7-16)15-23-21(25)20-5-3-4-14-24(20)28(26,27)19-12-10-18(22)11-13-19/h6-13,20H,2-5,14-15H2,1H3,(H,23,25)/t20-/m0/s1. The van der Waals surface area contributed by atoms with Crippen LogP contribution in [0.25, 0.3) is 0 Å². The van der Waals surface area contributed by atoms with E-state index in [1.54, 1.807) is 0 Å². The number of benzene rings is 2. The third-order valence-corrected chi connectivity index (χ3v) is 7.00. The topological polar surface area (TPSA) is 66.5 Å². The van der Waals surface area contributed by atoms with Gasteiger partial charge in [-0.1, -0.05) is 37.6 Å². The highest BCUT2D eigenvalue weighted by Gasteiger charge is 2.37. The van der Waals surface area contributed by atoms with Crippen LogP contribution in [0.3, 0.4) is 0 Å². The van der Waals surface area contributed by atoms with Crippen LogP contribution in [0.4, 0.5) is 4.39 Å². The molecule has 1 heterocycles. The molecule has 0 spiro atoms. The summed E-state index contributed by atoms with van der Waals surface area (Å²) in [6.45, 7) is 2.71. The van der Waals surface area contributed by atoms with Gasteiger partial charge in [0, 0.05) is 13.1 Å². The zero-order valence-corrected chi connectivity index (χ0v) is 16.7. The summed E-state index contributed by atoms with van der Waals surface area (Å²) in [5, 5.41) is 2.86. The Morgan fingerprint density at radius 2 is 1.71 bits per heavy atom. The molecule has 2 aromatic carbocycles. The minimum Gasteiger partial charge on any atom is -0.351 e. The van der Waals surface area contributed by atoms with Gasteiger partial charge in [-0.25, -0.2) is 12.8 Å². The molecule has 150 valence electrons. The van der Waals surface area contributed by atoms with Crippen LogP contribution in [-0.4, -0.2) is 31.2 Å². The molecule has 0 bridgehead atoms. The van der Waals surface area contributed by atoms with Crippen molar-refractivity contribution in [2.75, 3.05) is 6.54 Å². The Kier molecular flexibility index (Phi) is 6.46. The fourth-order valence-electron chi connectivity index (χ4n) is 3.40. The van der Waals surface area contributed by atoms with Gasteiger partial charge in [0.05, 0.1) is 4.90 Å². The van der Waals surface area contributed by atoms with Gasteiger partial charge >= 0.3 is 0 Å². The van der Waals surface area contributed by atoms with Crippen molar-refractivity contribution < 1.29 is 17.6 Å². The van der Waals surface area contributed by atoms with E-state index in [0.29, 0.717) is 19.4 Å². The number of hydrogen-bond donors (Lipinski definition) is 1. The van der Waals surface area contributed by atoms with E-state index in [1.807, 2.05) is 24.3 Å². The number of amides is 1. The second-order valence-corrected chi connectivity index (χ2v) is 8.86. The van der Waals surface area contributed by atoms with E-state index >= 15 is 0 Å². The zero-order valence-electron chi connectivity index (χ0n) is 15.9. The Bertz CT molecular complexity index is 912. The lowest BCUT2D eigenvalue weighted by molar-refractivity contribution is -0.125. The Balaban J connectivity index is 1.72. The molecule has 0 aliphatic carbocycles. The highest BCUT2D eigenvalue weighted by molar-refractivity contribution is 7.89. The summed E-state index contributed by atoms with van der Waals surface area (Å²) in [5.74, 6) is -0.800. The first-order chi connectivity index (χ1) is 13.4. The quantitative estimate of drug-likeness (QED) is 0.804. The van der Waals surface area contributed by atoms with Crippen molar-refractivity contribution in [3.8, 4) is 0 Å². The molecule has 7 heteroatoms. The van der Waals surface area contributed by atoms with E-state index in [0.717, 1.165) is 30.5 Å². The molecule has 0 unspecified atom stereocenters. The first-order valence-corrected chi connectivity index (χ1v) is 11.0. The van der Waals surface area contributed by atoms with Gasteiger partial charge in [-0.3, -0.25) is 4.79 Å². The lowest BCUT2D eigenvalue weighted by Crippen LogP contribution is -2.51. The summed E-state index contributed by atoms with van der Waals surface area (Å²) >= 11 is 0. The van der Waals surface area contributed by atoms with Gasteiger partial charge in [0.25, 0.3) is 0 Å². The number of nitrogens with zero attached hydrogens (tertiary/aromatic N) is 1. The minimum absolute atomic E-state index is 0.00348. The molecule has 2 aromatic rings. The molecule has 1 amide bonds. The van der Waals surface area contributed by atoms with E-state index in [4.69, 9.17) is 0 Å². The average Bonchev–Trinajstić information content (AvgIpc) is 2.72. The Labute approximate surface area is 165 Å². The molecule has 1 fully saturated rings. The van der Waals surface area contributed by atoms with Gasteiger partial charge in [-0.05, 0) is 54.7 Å². The highest BCUT2D eigenvalue weighted by Crippen LogP contribution is 2.25. The van der Waals surface area contributed by atoms with Crippen molar-refractivity contribution in [3.05, 3.63) is 65.5 Å². The molecule has 1 N–H and O–H groups in total. The summed E-state index contributed by atoms with van der Waals surface area (Å²) in [6, 6.07) is 11.9. The molecule has 0 radical (unpaired) electrons. The van der Waals surface area contributed by atoms with Gasteiger partial charge in [0.2, 0.25) is 15.9 Å². The van der Waals surface area contributed by atoms with E-state index < -0.39 is 21.9 Å². The normalized spacial score (nSPS) is 18.0. The molecule has 3 rings (SSSR count). The van der Waals surface area contributed by atoms with Crippen LogP contribution in [0, 0.1) is 5.82 Å². The van der Waals surface area contributed by atoms with E-state index in [2.05, 4.69) is 12.2 Å². The van der Waals surface area contributed by atoms with E-state index in [9.17, 15) is 17.6 Å². The van der Waals surface area contributed by atoms with Crippen molar-refractivity contribution in [3.63, 3.8) is 0 Å². The number of rotatable bonds is 6. The second kappa shape index (κ2) is 8.84. The lowest BCUT2D eigenvalue weighted by atomic mass is 10.0. The molecule has 28 heavy (non-hydrogen) atoms. The predicted molar refractivity (Wildman–Crippen MR) is 106 cm³/mol. The Morgan fingerprint density at radius 3 is 2.36 bits per heavy atom. The highest BCUT2D eigenvalue weighted by atomic mass is 32.2. The zero-order chi connectivity index (χ0) is 20.1. The Hall–Kier alpha value is -2.25. The first-order valence-electron chi connectivity index (χ1n) is 9.54. The van der Waals surface area contributed by atoms with Crippen LogP contribution in [0.5, 0.6) is 0 Å². The summed E-state index contributed by atoms with van der Waals surface area (Å²) in [7, 11) is -3.86. The third-order valence-electron chi connectivity index (χ3n) is 5.07. The summed E-state index contributed by atoms with van der Waals surface area (Å²) in [6.07, 6.45) is 2.91. The maximum atomic E-state index is 13.2. The summed E-state index contributed by atoms with van der Waals surface area (Å²) < 4.78 is 40.4. The third kappa shape index (κ3) is 4.59. The number of hydrogen-bond acceptors (Lipinski definition) is 3. The van der Waals surface area contributed by atoms with Gasteiger partial charge in [-0.15, -0.1) is 0 Å². The second-order valence-electron chi connectivity index (χ2n) is 6.97. The first kappa shape index (κ1) is 20.5. The van der Waals surface area contributed by atoms with Crippen LogP contribution in [0.2, 0.25) is 0 Å². The van der Waals surface area contributed by atoms with Gasteiger partial charge in [0.15, 0.2) is 0 Å². The van der Waals surface area contributed by atoms with Gasteiger partial charge < -0.3 is 5.32 Å². The number of carbonyl (C=O) groups is 1. The number of halogens is 1. The number of carbonyl (C=O) groups excluding carboxylic acids is 1. The molecule has 1 atom stereocenters. The van der Waals surface area contributed by atoms with Crippen molar-refractivity contribution >= 4 is 15.9 Å². The van der Waals surface area contributed by atoms with Crippen molar-refractivity contribution in [2.45, 2.75) is 50.1 Å². The van der Waals surface area contributed by atoms with Gasteiger partial charge in [0.1, 0.15) is 11.9 Å². The van der Waals surface area contributed by atoms with E-state index in [1.165, 1.54) is 22.0 Å². The molecular weight excluding hydrogens is 379 g/mol. The fraction of sp³-hybridized carbons (Fsp3) is 0.381. The maximum absolute atomic E-state index is 13.2. The summed E-state index contributed by atoms with van der Waals surface area (Å²) in [4.78, 5) is 12.8. The lowest BCUT2D eigenvalue weighted by Gasteiger charge is -2.33. The number of nitrogens with one attached hydrogen (secondary N) is 1. The SMILES string of the molecule is CCc1ccc(CNC(=O)[C@@H]2CCCCN2S(=O)(=O)c2ccc(F)cc2)cc1. The van der Waals surface area contributed by atoms with Crippen LogP contribution < -0.4 is 5.32 Å². The van der Waals surface area contributed by atoms with Crippen molar-refractivity contribution in [1.29, 1.82) is 0 Å². The fourth-order valence-corrected chi connectivity index (χ4v) is 5.05. The van der Waals surface area contributed by atoms with Crippen LogP contribution >= 0.6 is 0 Å². The minimum atomic E-state index is -3.86. The molecule has 1 aliphatic rings. The van der Waals surface area contributed by atoms with Gasteiger partial charge in [-0.2, -0.15) is 4.31 Å². The predicted octanol–water partition coefficient (Wildman–Crippen LogP) is 3.25. The molecule has 1 saturated heterocycles. The smallest absolute Gasteiger partial charge is 0.243 e. The number of piperidine rings is 1. The molecule has 5 nitrogen and oxygen atoms in total. The largest absolute Gasteiger partial charge is 0.351 e. The summed E-state index contributed by atoms with van der Waals surface area (Å²) in [5.41, 5.74) is 2.19. The molecule has 1 aliphatic heterocycles. The molecule has 0 aromatic heterocycles. The van der Waals surface area contributed by atoms with Crippen LogP contribution in [0.15, 0.2) is 53.4 Å². The number of sulfonamides is 1.